The Morgan fingerprint density at radius 3 is 2.64 bits per heavy atom. The van der Waals surface area contributed by atoms with Gasteiger partial charge in [0.25, 0.3) is 5.91 Å². The molecule has 1 amide bonds. The Morgan fingerprint density at radius 1 is 1.24 bits per heavy atom. The summed E-state index contributed by atoms with van der Waals surface area (Å²) in [6.45, 7) is 6.39. The standard InChI is InChI=1S/C19H23N3O3/c1-13-7-4-5-8-16(13)22-14(2)15(11-20-22)17(23)21-10-6-9-19(3,12-21)18(24)25/h4-5,7-8,11H,6,9-10,12H2,1-3H3,(H,24,25). The number of aromatic nitrogens is 2. The lowest BCUT2D eigenvalue weighted by molar-refractivity contribution is -0.150. The fraction of sp³-hybridized carbons (Fsp3) is 0.421. The first-order chi connectivity index (χ1) is 11.8. The minimum absolute atomic E-state index is 0.149. The van der Waals surface area contributed by atoms with Gasteiger partial charge in [0.15, 0.2) is 0 Å². The molecular weight excluding hydrogens is 318 g/mol. The molecule has 0 spiro atoms. The van der Waals surface area contributed by atoms with Gasteiger partial charge in [-0.3, -0.25) is 9.59 Å². The van der Waals surface area contributed by atoms with Gasteiger partial charge in [0.05, 0.1) is 28.6 Å². The fourth-order valence-electron chi connectivity index (χ4n) is 3.42. The summed E-state index contributed by atoms with van der Waals surface area (Å²) < 4.78 is 1.77. The number of aliphatic carboxylic acids is 1. The van der Waals surface area contributed by atoms with Crippen molar-refractivity contribution in [3.8, 4) is 5.69 Å². The number of piperidine rings is 1. The predicted octanol–water partition coefficient (Wildman–Crippen LogP) is 2.82. The van der Waals surface area contributed by atoms with Crippen molar-refractivity contribution in [1.82, 2.24) is 14.7 Å². The van der Waals surface area contributed by atoms with E-state index in [9.17, 15) is 14.7 Å². The number of carboxylic acids is 1. The molecule has 0 aliphatic carbocycles. The summed E-state index contributed by atoms with van der Waals surface area (Å²) in [6.07, 6.45) is 2.86. The van der Waals surface area contributed by atoms with Crippen LogP contribution >= 0.6 is 0 Å². The van der Waals surface area contributed by atoms with E-state index in [-0.39, 0.29) is 12.5 Å². The number of hydrogen-bond acceptors (Lipinski definition) is 3. The first-order valence-electron chi connectivity index (χ1n) is 8.47. The van der Waals surface area contributed by atoms with Crippen molar-refractivity contribution in [2.45, 2.75) is 33.6 Å². The van der Waals surface area contributed by atoms with Gasteiger partial charge in [0.1, 0.15) is 0 Å². The Balaban J connectivity index is 1.89. The molecule has 1 unspecified atom stereocenters. The maximum absolute atomic E-state index is 12.9. The van der Waals surface area contributed by atoms with Crippen LogP contribution in [0, 0.1) is 19.3 Å². The maximum atomic E-state index is 12.9. The van der Waals surface area contributed by atoms with Crippen LogP contribution in [0.5, 0.6) is 0 Å². The van der Waals surface area contributed by atoms with Crippen LogP contribution in [0.1, 0.15) is 41.4 Å². The molecule has 1 atom stereocenters. The zero-order chi connectivity index (χ0) is 18.2. The van der Waals surface area contributed by atoms with Gasteiger partial charge in [0.2, 0.25) is 0 Å². The SMILES string of the molecule is Cc1ccccc1-n1ncc(C(=O)N2CCCC(C)(C(=O)O)C2)c1C. The Bertz CT molecular complexity index is 827. The summed E-state index contributed by atoms with van der Waals surface area (Å²) in [4.78, 5) is 26.1. The van der Waals surface area contributed by atoms with Gasteiger partial charge in [-0.15, -0.1) is 0 Å². The van der Waals surface area contributed by atoms with Crippen molar-refractivity contribution in [2.24, 2.45) is 5.41 Å². The van der Waals surface area contributed by atoms with Crippen LogP contribution in [0.15, 0.2) is 30.5 Å². The molecule has 132 valence electrons. The number of likely N-dealkylation sites (tertiary alicyclic amines) is 1. The molecule has 1 aromatic heterocycles. The van der Waals surface area contributed by atoms with E-state index >= 15 is 0 Å². The molecule has 2 aromatic rings. The second kappa shape index (κ2) is 6.35. The molecule has 0 bridgehead atoms. The number of para-hydroxylation sites is 1. The molecule has 25 heavy (non-hydrogen) atoms. The molecule has 1 aliphatic rings. The summed E-state index contributed by atoms with van der Waals surface area (Å²) in [7, 11) is 0. The minimum atomic E-state index is -0.881. The smallest absolute Gasteiger partial charge is 0.311 e. The van der Waals surface area contributed by atoms with Crippen LogP contribution in [0.25, 0.3) is 5.69 Å². The van der Waals surface area contributed by atoms with Crippen LogP contribution in [-0.4, -0.2) is 44.8 Å². The molecule has 3 rings (SSSR count). The average Bonchev–Trinajstić information content (AvgIpc) is 2.96. The monoisotopic (exact) mass is 341 g/mol. The number of aryl methyl sites for hydroxylation is 1. The molecule has 6 heteroatoms. The average molecular weight is 341 g/mol. The van der Waals surface area contributed by atoms with Gasteiger partial charge in [-0.2, -0.15) is 5.10 Å². The molecular formula is C19H23N3O3. The molecule has 1 saturated heterocycles. The third-order valence-electron chi connectivity index (χ3n) is 5.08. The Labute approximate surface area is 147 Å². The highest BCUT2D eigenvalue weighted by Gasteiger charge is 2.40. The van der Waals surface area contributed by atoms with E-state index in [0.717, 1.165) is 16.9 Å². The summed E-state index contributed by atoms with van der Waals surface area (Å²) >= 11 is 0. The normalized spacial score (nSPS) is 20.5. The van der Waals surface area contributed by atoms with Crippen molar-refractivity contribution in [1.29, 1.82) is 0 Å². The highest BCUT2D eigenvalue weighted by molar-refractivity contribution is 5.95. The highest BCUT2D eigenvalue weighted by atomic mass is 16.4. The summed E-state index contributed by atoms with van der Waals surface area (Å²) in [6, 6.07) is 7.87. The van der Waals surface area contributed by atoms with E-state index in [0.29, 0.717) is 24.9 Å². The number of hydrogen-bond donors (Lipinski definition) is 1. The van der Waals surface area contributed by atoms with Gasteiger partial charge in [0, 0.05) is 13.1 Å². The molecule has 1 N–H and O–H groups in total. The van der Waals surface area contributed by atoms with Crippen LogP contribution in [0.4, 0.5) is 0 Å². The maximum Gasteiger partial charge on any atom is 0.311 e. The number of nitrogens with zero attached hydrogens (tertiary/aromatic N) is 3. The molecule has 2 heterocycles. The molecule has 1 aromatic carbocycles. The van der Waals surface area contributed by atoms with E-state index in [1.807, 2.05) is 38.1 Å². The zero-order valence-corrected chi connectivity index (χ0v) is 14.8. The lowest BCUT2D eigenvalue weighted by Gasteiger charge is -2.37. The lowest BCUT2D eigenvalue weighted by atomic mass is 9.82. The zero-order valence-electron chi connectivity index (χ0n) is 14.8. The number of rotatable bonds is 3. The van der Waals surface area contributed by atoms with Crippen LogP contribution in [0.3, 0.4) is 0 Å². The van der Waals surface area contributed by atoms with E-state index < -0.39 is 11.4 Å². The number of carbonyl (C=O) groups is 2. The number of amides is 1. The van der Waals surface area contributed by atoms with E-state index in [1.165, 1.54) is 0 Å². The third-order valence-corrected chi connectivity index (χ3v) is 5.08. The van der Waals surface area contributed by atoms with Crippen molar-refractivity contribution >= 4 is 11.9 Å². The van der Waals surface area contributed by atoms with Crippen molar-refractivity contribution in [2.75, 3.05) is 13.1 Å². The first kappa shape index (κ1) is 17.2. The third kappa shape index (κ3) is 3.04. The highest BCUT2D eigenvalue weighted by Crippen LogP contribution is 2.31. The van der Waals surface area contributed by atoms with E-state index in [1.54, 1.807) is 22.7 Å². The largest absolute Gasteiger partial charge is 0.481 e. The molecule has 1 fully saturated rings. The van der Waals surface area contributed by atoms with Crippen LogP contribution in [-0.2, 0) is 4.79 Å². The minimum Gasteiger partial charge on any atom is -0.481 e. The molecule has 0 radical (unpaired) electrons. The second-order valence-electron chi connectivity index (χ2n) is 7.04. The number of carbonyl (C=O) groups excluding carboxylic acids is 1. The first-order valence-corrected chi connectivity index (χ1v) is 8.47. The van der Waals surface area contributed by atoms with Crippen LogP contribution < -0.4 is 0 Å². The quantitative estimate of drug-likeness (QED) is 0.931. The lowest BCUT2D eigenvalue weighted by Crippen LogP contribution is -2.48. The fourth-order valence-corrected chi connectivity index (χ4v) is 3.42. The van der Waals surface area contributed by atoms with Crippen LogP contribution in [0.2, 0.25) is 0 Å². The van der Waals surface area contributed by atoms with Gasteiger partial charge >= 0.3 is 5.97 Å². The Hall–Kier alpha value is -2.63. The number of benzene rings is 1. The van der Waals surface area contributed by atoms with Gasteiger partial charge in [-0.25, -0.2) is 4.68 Å². The summed E-state index contributed by atoms with van der Waals surface area (Å²) in [5.74, 6) is -0.998. The second-order valence-corrected chi connectivity index (χ2v) is 7.04. The van der Waals surface area contributed by atoms with Gasteiger partial charge in [-0.05, 0) is 45.2 Å². The Kier molecular flexibility index (Phi) is 4.37. The molecule has 6 nitrogen and oxygen atoms in total. The van der Waals surface area contributed by atoms with Crippen molar-refractivity contribution in [3.05, 3.63) is 47.3 Å². The summed E-state index contributed by atoms with van der Waals surface area (Å²) in [5, 5.41) is 13.8. The predicted molar refractivity (Wildman–Crippen MR) is 93.9 cm³/mol. The topological polar surface area (TPSA) is 75.4 Å². The van der Waals surface area contributed by atoms with Crippen molar-refractivity contribution < 1.29 is 14.7 Å². The molecule has 0 saturated carbocycles. The van der Waals surface area contributed by atoms with Gasteiger partial charge in [-0.1, -0.05) is 18.2 Å². The van der Waals surface area contributed by atoms with Crippen molar-refractivity contribution in [3.63, 3.8) is 0 Å². The number of carboxylic acid groups (broad SMARTS) is 1. The molecule has 1 aliphatic heterocycles. The van der Waals surface area contributed by atoms with Gasteiger partial charge < -0.3 is 10.0 Å². The Morgan fingerprint density at radius 2 is 1.96 bits per heavy atom. The van der Waals surface area contributed by atoms with E-state index in [4.69, 9.17) is 0 Å². The summed E-state index contributed by atoms with van der Waals surface area (Å²) in [5.41, 5.74) is 2.42. The van der Waals surface area contributed by atoms with E-state index in [2.05, 4.69) is 5.10 Å².